The van der Waals surface area contributed by atoms with E-state index >= 15 is 0 Å². The van der Waals surface area contributed by atoms with Crippen LogP contribution in [0.5, 0.6) is 0 Å². The zero-order valence-corrected chi connectivity index (χ0v) is 18.0. The fourth-order valence-electron chi connectivity index (χ4n) is 4.01. The van der Waals surface area contributed by atoms with Gasteiger partial charge in [-0.05, 0) is 75.2 Å². The minimum atomic E-state index is -0.0147. The number of rotatable bonds is 8. The van der Waals surface area contributed by atoms with Crippen molar-refractivity contribution >= 4 is 11.6 Å². The summed E-state index contributed by atoms with van der Waals surface area (Å²) in [6, 6.07) is 16.5. The van der Waals surface area contributed by atoms with E-state index in [-0.39, 0.29) is 5.91 Å². The van der Waals surface area contributed by atoms with Crippen LogP contribution >= 0.6 is 0 Å². The van der Waals surface area contributed by atoms with Gasteiger partial charge in [0.1, 0.15) is 0 Å². The second-order valence-electron chi connectivity index (χ2n) is 7.91. The van der Waals surface area contributed by atoms with E-state index in [1.165, 1.54) is 50.0 Å². The lowest BCUT2D eigenvalue weighted by atomic mass is 10.1. The second-order valence-corrected chi connectivity index (χ2v) is 7.91. The van der Waals surface area contributed by atoms with E-state index in [0.717, 1.165) is 30.8 Å². The third-order valence-corrected chi connectivity index (χ3v) is 5.84. The van der Waals surface area contributed by atoms with Crippen molar-refractivity contribution in [3.8, 4) is 0 Å². The highest BCUT2D eigenvalue weighted by atomic mass is 16.1. The summed E-state index contributed by atoms with van der Waals surface area (Å²) in [5.41, 5.74) is 4.36. The first-order chi connectivity index (χ1) is 14.2. The first kappa shape index (κ1) is 21.4. The van der Waals surface area contributed by atoms with Gasteiger partial charge in [-0.2, -0.15) is 0 Å². The molecular weight excluding hydrogens is 358 g/mol. The Labute approximate surface area is 175 Å². The molecule has 0 atom stereocenters. The van der Waals surface area contributed by atoms with Gasteiger partial charge in [-0.3, -0.25) is 9.69 Å². The van der Waals surface area contributed by atoms with Crippen molar-refractivity contribution < 1.29 is 4.79 Å². The van der Waals surface area contributed by atoms with E-state index in [1.54, 1.807) is 0 Å². The van der Waals surface area contributed by atoms with Crippen LogP contribution in [0.2, 0.25) is 0 Å². The molecule has 0 unspecified atom stereocenters. The van der Waals surface area contributed by atoms with Crippen LogP contribution in [0, 0.1) is 0 Å². The van der Waals surface area contributed by atoms with Crippen LogP contribution in [0.3, 0.4) is 0 Å². The number of likely N-dealkylation sites (tertiary alicyclic amines) is 1. The molecule has 4 heteroatoms. The summed E-state index contributed by atoms with van der Waals surface area (Å²) < 4.78 is 0. The Morgan fingerprint density at radius 1 is 0.862 bits per heavy atom. The molecule has 0 radical (unpaired) electrons. The molecule has 0 spiro atoms. The number of hydrogen-bond acceptors (Lipinski definition) is 3. The molecule has 1 aliphatic rings. The van der Waals surface area contributed by atoms with Gasteiger partial charge in [-0.1, -0.05) is 37.1 Å². The van der Waals surface area contributed by atoms with Gasteiger partial charge in [0.2, 0.25) is 0 Å². The van der Waals surface area contributed by atoms with E-state index in [0.29, 0.717) is 6.54 Å². The number of nitrogens with zero attached hydrogens (tertiary/aromatic N) is 2. The molecule has 0 bridgehead atoms. The predicted octanol–water partition coefficient (Wildman–Crippen LogP) is 4.84. The largest absolute Gasteiger partial charge is 0.372 e. The number of nitrogens with one attached hydrogen (secondary N) is 1. The first-order valence-corrected chi connectivity index (χ1v) is 11.1. The molecule has 1 aliphatic heterocycles. The summed E-state index contributed by atoms with van der Waals surface area (Å²) in [5.74, 6) is -0.0147. The van der Waals surface area contributed by atoms with E-state index in [4.69, 9.17) is 0 Å². The zero-order chi connectivity index (χ0) is 20.5. The molecule has 3 rings (SSSR count). The smallest absolute Gasteiger partial charge is 0.251 e. The molecular formula is C25H35N3O. The monoisotopic (exact) mass is 393 g/mol. The fourth-order valence-corrected chi connectivity index (χ4v) is 4.01. The number of benzene rings is 2. The second kappa shape index (κ2) is 11.0. The molecule has 29 heavy (non-hydrogen) atoms. The van der Waals surface area contributed by atoms with Crippen molar-refractivity contribution in [1.82, 2.24) is 10.2 Å². The quantitative estimate of drug-likeness (QED) is 0.697. The van der Waals surface area contributed by atoms with Crippen molar-refractivity contribution in [2.24, 2.45) is 0 Å². The van der Waals surface area contributed by atoms with Crippen LogP contribution in [-0.4, -0.2) is 37.0 Å². The van der Waals surface area contributed by atoms with Crippen LogP contribution < -0.4 is 10.2 Å². The molecule has 0 aliphatic carbocycles. The Bertz CT molecular complexity index is 743. The Morgan fingerprint density at radius 3 is 2.03 bits per heavy atom. The lowest BCUT2D eigenvalue weighted by Gasteiger charge is -2.21. The van der Waals surface area contributed by atoms with Crippen molar-refractivity contribution in [3.63, 3.8) is 0 Å². The molecule has 0 aromatic heterocycles. The number of anilines is 1. The fraction of sp³-hybridized carbons (Fsp3) is 0.480. The topological polar surface area (TPSA) is 35.6 Å². The Morgan fingerprint density at radius 2 is 1.45 bits per heavy atom. The third-order valence-electron chi connectivity index (χ3n) is 5.84. The van der Waals surface area contributed by atoms with E-state index < -0.39 is 0 Å². The molecule has 1 amide bonds. The Kier molecular flexibility index (Phi) is 8.12. The van der Waals surface area contributed by atoms with Gasteiger partial charge in [0.25, 0.3) is 5.91 Å². The normalized spacial score (nSPS) is 15.0. The minimum Gasteiger partial charge on any atom is -0.372 e. The highest BCUT2D eigenvalue weighted by molar-refractivity contribution is 5.94. The molecule has 1 heterocycles. The summed E-state index contributed by atoms with van der Waals surface area (Å²) in [6.45, 7) is 10.2. The summed E-state index contributed by atoms with van der Waals surface area (Å²) in [7, 11) is 0. The summed E-state index contributed by atoms with van der Waals surface area (Å²) in [4.78, 5) is 17.3. The maximum Gasteiger partial charge on any atom is 0.251 e. The highest BCUT2D eigenvalue weighted by Crippen LogP contribution is 2.16. The zero-order valence-electron chi connectivity index (χ0n) is 18.0. The molecule has 2 aromatic rings. The Balaban J connectivity index is 1.50. The van der Waals surface area contributed by atoms with Crippen molar-refractivity contribution in [3.05, 3.63) is 65.2 Å². The molecule has 1 fully saturated rings. The molecule has 2 aromatic carbocycles. The van der Waals surface area contributed by atoms with Crippen molar-refractivity contribution in [2.45, 2.75) is 52.6 Å². The van der Waals surface area contributed by atoms with Crippen LogP contribution in [-0.2, 0) is 13.1 Å². The van der Waals surface area contributed by atoms with Gasteiger partial charge >= 0.3 is 0 Å². The number of amides is 1. The van der Waals surface area contributed by atoms with Gasteiger partial charge in [0.05, 0.1) is 0 Å². The van der Waals surface area contributed by atoms with E-state index in [9.17, 15) is 4.79 Å². The Hall–Kier alpha value is -2.33. The SMILES string of the molecule is CCN(CC)c1ccc(CNC(=O)c2ccc(CN3CCCCCC3)cc2)cc1. The third kappa shape index (κ3) is 6.33. The van der Waals surface area contributed by atoms with Crippen LogP contribution in [0.25, 0.3) is 0 Å². The van der Waals surface area contributed by atoms with Crippen LogP contribution in [0.1, 0.15) is 61.0 Å². The van der Waals surface area contributed by atoms with Gasteiger partial charge < -0.3 is 10.2 Å². The van der Waals surface area contributed by atoms with Crippen LogP contribution in [0.15, 0.2) is 48.5 Å². The maximum absolute atomic E-state index is 12.5. The molecule has 1 saturated heterocycles. The highest BCUT2D eigenvalue weighted by Gasteiger charge is 2.11. The van der Waals surface area contributed by atoms with E-state index in [2.05, 4.69) is 65.4 Å². The van der Waals surface area contributed by atoms with Crippen molar-refractivity contribution in [2.75, 3.05) is 31.1 Å². The van der Waals surface area contributed by atoms with Gasteiger partial charge in [0.15, 0.2) is 0 Å². The number of hydrogen-bond donors (Lipinski definition) is 1. The van der Waals surface area contributed by atoms with E-state index in [1.807, 2.05) is 12.1 Å². The molecule has 1 N–H and O–H groups in total. The van der Waals surface area contributed by atoms with Gasteiger partial charge in [-0.25, -0.2) is 0 Å². The van der Waals surface area contributed by atoms with Gasteiger partial charge in [0, 0.05) is 37.4 Å². The molecule has 4 nitrogen and oxygen atoms in total. The lowest BCUT2D eigenvalue weighted by molar-refractivity contribution is 0.0951. The van der Waals surface area contributed by atoms with Crippen LogP contribution in [0.4, 0.5) is 5.69 Å². The van der Waals surface area contributed by atoms with Gasteiger partial charge in [-0.15, -0.1) is 0 Å². The first-order valence-electron chi connectivity index (χ1n) is 11.1. The summed E-state index contributed by atoms with van der Waals surface area (Å²) in [5, 5.41) is 3.04. The summed E-state index contributed by atoms with van der Waals surface area (Å²) >= 11 is 0. The lowest BCUT2D eigenvalue weighted by Crippen LogP contribution is -2.24. The average Bonchev–Trinajstić information content (AvgIpc) is 3.03. The standard InChI is InChI=1S/C25H35N3O/c1-3-28(4-2)24-15-11-21(12-16-24)19-26-25(29)23-13-9-22(10-14-23)20-27-17-7-5-6-8-18-27/h9-16H,3-8,17-20H2,1-2H3,(H,26,29). The predicted molar refractivity (Wildman–Crippen MR) is 121 cm³/mol. The number of carbonyl (C=O) groups excluding carboxylic acids is 1. The molecule has 156 valence electrons. The number of carbonyl (C=O) groups is 1. The maximum atomic E-state index is 12.5. The van der Waals surface area contributed by atoms with Crippen molar-refractivity contribution in [1.29, 1.82) is 0 Å². The average molecular weight is 394 g/mol. The molecule has 0 saturated carbocycles. The minimum absolute atomic E-state index is 0.0147. The summed E-state index contributed by atoms with van der Waals surface area (Å²) in [6.07, 6.45) is 5.31.